The van der Waals surface area contributed by atoms with Gasteiger partial charge in [0.1, 0.15) is 6.61 Å². The van der Waals surface area contributed by atoms with Crippen molar-refractivity contribution >= 4 is 5.97 Å². The molecular formula is C8H8O3. The van der Waals surface area contributed by atoms with Crippen molar-refractivity contribution in [2.75, 3.05) is 6.61 Å². The van der Waals surface area contributed by atoms with E-state index in [1.54, 1.807) is 18.2 Å². The summed E-state index contributed by atoms with van der Waals surface area (Å²) >= 11 is 0. The minimum absolute atomic E-state index is 0.121. The molecule has 0 saturated heterocycles. The van der Waals surface area contributed by atoms with E-state index >= 15 is 0 Å². The van der Waals surface area contributed by atoms with Gasteiger partial charge < -0.3 is 9.84 Å². The number of carbonyl (C=O) groups is 1. The quantitative estimate of drug-likeness (QED) is 0.612. The van der Waals surface area contributed by atoms with Gasteiger partial charge in [-0.05, 0) is 12.2 Å². The van der Waals surface area contributed by atoms with E-state index in [1.807, 2.05) is 0 Å². The molecule has 0 unspecified atom stereocenters. The van der Waals surface area contributed by atoms with Gasteiger partial charge in [0.05, 0.1) is 11.8 Å². The third-order valence-corrected chi connectivity index (χ3v) is 1.21. The molecule has 0 atom stereocenters. The highest BCUT2D eigenvalue weighted by Crippen LogP contribution is 2.00. The van der Waals surface area contributed by atoms with Crippen LogP contribution in [0.15, 0.2) is 36.1 Å². The Bertz CT molecular complexity index is 236. The topological polar surface area (TPSA) is 46.5 Å². The highest BCUT2D eigenvalue weighted by molar-refractivity contribution is 5.87. The molecule has 0 bridgehead atoms. The minimum atomic E-state index is -0.940. The van der Waals surface area contributed by atoms with Crippen molar-refractivity contribution in [2.45, 2.75) is 0 Å². The van der Waals surface area contributed by atoms with Gasteiger partial charge in [-0.25, -0.2) is 4.79 Å². The molecule has 1 aliphatic rings. The van der Waals surface area contributed by atoms with E-state index in [0.717, 1.165) is 0 Å². The maximum atomic E-state index is 10.4. The van der Waals surface area contributed by atoms with E-state index in [1.165, 1.54) is 12.3 Å². The zero-order valence-corrected chi connectivity index (χ0v) is 5.86. The number of ether oxygens (including phenoxy) is 1. The summed E-state index contributed by atoms with van der Waals surface area (Å²) in [4.78, 5) is 10.4. The fourth-order valence-electron chi connectivity index (χ4n) is 0.656. The van der Waals surface area contributed by atoms with Gasteiger partial charge in [0.15, 0.2) is 0 Å². The summed E-state index contributed by atoms with van der Waals surface area (Å²) in [5.41, 5.74) is 0.255. The molecule has 1 N–H and O–H groups in total. The minimum Gasteiger partial charge on any atom is -0.496 e. The largest absolute Gasteiger partial charge is 0.496 e. The first kappa shape index (κ1) is 7.60. The molecule has 0 aromatic heterocycles. The molecule has 3 heteroatoms. The molecule has 0 radical (unpaired) electrons. The number of hydrogen-bond acceptors (Lipinski definition) is 2. The lowest BCUT2D eigenvalue weighted by Crippen LogP contribution is -2.06. The Morgan fingerprint density at radius 3 is 3.00 bits per heavy atom. The van der Waals surface area contributed by atoms with Crippen LogP contribution < -0.4 is 0 Å². The number of hydrogen-bond donors (Lipinski definition) is 1. The number of rotatable bonds is 1. The molecule has 0 aromatic rings. The number of carboxylic acid groups (broad SMARTS) is 1. The van der Waals surface area contributed by atoms with Gasteiger partial charge in [-0.3, -0.25) is 0 Å². The molecule has 0 saturated carbocycles. The molecule has 0 fully saturated rings. The summed E-state index contributed by atoms with van der Waals surface area (Å²) in [6.07, 6.45) is 8.07. The Morgan fingerprint density at radius 1 is 1.45 bits per heavy atom. The first-order valence-electron chi connectivity index (χ1n) is 3.18. The molecule has 0 amide bonds. The molecule has 58 valence electrons. The Hall–Kier alpha value is -1.51. The first-order valence-corrected chi connectivity index (χ1v) is 3.18. The Labute approximate surface area is 64.3 Å². The highest BCUT2D eigenvalue weighted by Gasteiger charge is 2.05. The predicted octanol–water partition coefficient (Wildman–Crippen LogP) is 1.10. The maximum Gasteiger partial charge on any atom is 0.335 e. The van der Waals surface area contributed by atoms with Gasteiger partial charge in [0.25, 0.3) is 0 Å². The van der Waals surface area contributed by atoms with Gasteiger partial charge in [-0.1, -0.05) is 12.2 Å². The summed E-state index contributed by atoms with van der Waals surface area (Å²) in [5.74, 6) is -0.940. The molecule has 1 heterocycles. The fourth-order valence-corrected chi connectivity index (χ4v) is 0.656. The summed E-state index contributed by atoms with van der Waals surface area (Å²) in [7, 11) is 0. The molecule has 0 aliphatic carbocycles. The van der Waals surface area contributed by atoms with E-state index in [0.29, 0.717) is 0 Å². The second-order valence-electron chi connectivity index (χ2n) is 2.02. The lowest BCUT2D eigenvalue weighted by atomic mass is 10.2. The Balaban J connectivity index is 2.73. The SMILES string of the molecule is O=C(O)C1=CC=CC=COC1. The summed E-state index contributed by atoms with van der Waals surface area (Å²) < 4.78 is 4.87. The normalized spacial score (nSPS) is 16.2. The van der Waals surface area contributed by atoms with Crippen LogP contribution in [0.4, 0.5) is 0 Å². The smallest absolute Gasteiger partial charge is 0.335 e. The lowest BCUT2D eigenvalue weighted by Gasteiger charge is -2.01. The van der Waals surface area contributed by atoms with Gasteiger partial charge in [-0.2, -0.15) is 0 Å². The van der Waals surface area contributed by atoms with Crippen LogP contribution in [0.1, 0.15) is 0 Å². The van der Waals surface area contributed by atoms with Crippen LogP contribution in [0.3, 0.4) is 0 Å². The number of aliphatic carboxylic acids is 1. The molecule has 0 aromatic carbocycles. The predicted molar refractivity (Wildman–Crippen MR) is 40.0 cm³/mol. The monoisotopic (exact) mass is 152 g/mol. The van der Waals surface area contributed by atoms with Gasteiger partial charge in [0.2, 0.25) is 0 Å². The third-order valence-electron chi connectivity index (χ3n) is 1.21. The van der Waals surface area contributed by atoms with E-state index in [9.17, 15) is 4.79 Å². The van der Waals surface area contributed by atoms with Crippen LogP contribution in [0.5, 0.6) is 0 Å². The number of carboxylic acids is 1. The lowest BCUT2D eigenvalue weighted by molar-refractivity contribution is -0.133. The van der Waals surface area contributed by atoms with Crippen molar-refractivity contribution in [3.05, 3.63) is 36.1 Å². The van der Waals surface area contributed by atoms with Crippen LogP contribution >= 0.6 is 0 Å². The van der Waals surface area contributed by atoms with Crippen molar-refractivity contribution in [2.24, 2.45) is 0 Å². The van der Waals surface area contributed by atoms with Crippen molar-refractivity contribution < 1.29 is 14.6 Å². The van der Waals surface area contributed by atoms with E-state index in [-0.39, 0.29) is 12.2 Å². The second kappa shape index (κ2) is 3.61. The maximum absolute atomic E-state index is 10.4. The van der Waals surface area contributed by atoms with Gasteiger partial charge >= 0.3 is 5.97 Å². The van der Waals surface area contributed by atoms with E-state index in [4.69, 9.17) is 9.84 Å². The van der Waals surface area contributed by atoms with Gasteiger partial charge in [0, 0.05) is 0 Å². The summed E-state index contributed by atoms with van der Waals surface area (Å²) in [6, 6.07) is 0. The van der Waals surface area contributed by atoms with Crippen LogP contribution in [0.2, 0.25) is 0 Å². The summed E-state index contributed by atoms with van der Waals surface area (Å²) in [5, 5.41) is 8.55. The van der Waals surface area contributed by atoms with Crippen LogP contribution in [-0.4, -0.2) is 17.7 Å². The van der Waals surface area contributed by atoms with E-state index < -0.39 is 5.97 Å². The molecule has 11 heavy (non-hydrogen) atoms. The van der Waals surface area contributed by atoms with Crippen molar-refractivity contribution in [1.82, 2.24) is 0 Å². The zero-order chi connectivity index (χ0) is 8.10. The second-order valence-corrected chi connectivity index (χ2v) is 2.02. The molecular weight excluding hydrogens is 144 g/mol. The van der Waals surface area contributed by atoms with Gasteiger partial charge in [-0.15, -0.1) is 0 Å². The van der Waals surface area contributed by atoms with Crippen molar-refractivity contribution in [3.8, 4) is 0 Å². The first-order chi connectivity index (χ1) is 5.30. The van der Waals surface area contributed by atoms with Crippen molar-refractivity contribution in [1.29, 1.82) is 0 Å². The number of allylic oxidation sites excluding steroid dienone is 4. The molecule has 1 aliphatic heterocycles. The van der Waals surface area contributed by atoms with Crippen LogP contribution in [0, 0.1) is 0 Å². The molecule has 0 spiro atoms. The zero-order valence-electron chi connectivity index (χ0n) is 5.86. The third kappa shape index (κ3) is 2.29. The van der Waals surface area contributed by atoms with Crippen LogP contribution in [0.25, 0.3) is 0 Å². The van der Waals surface area contributed by atoms with Crippen molar-refractivity contribution in [3.63, 3.8) is 0 Å². The molecule has 1 rings (SSSR count). The Kier molecular flexibility index (Phi) is 2.49. The van der Waals surface area contributed by atoms with E-state index in [2.05, 4.69) is 0 Å². The average Bonchev–Trinajstić information content (AvgIpc) is 1.84. The Morgan fingerprint density at radius 2 is 2.27 bits per heavy atom. The standard InChI is InChI=1S/C8H8O3/c9-8(10)7-4-2-1-3-5-11-6-7/h1-5H,6H2,(H,9,10). The summed E-state index contributed by atoms with van der Waals surface area (Å²) in [6.45, 7) is 0.121. The highest BCUT2D eigenvalue weighted by atomic mass is 16.5. The average molecular weight is 152 g/mol. The van der Waals surface area contributed by atoms with Crippen LogP contribution in [-0.2, 0) is 9.53 Å². The molecule has 3 nitrogen and oxygen atoms in total. The fraction of sp³-hybridized carbons (Fsp3) is 0.125.